The van der Waals surface area contributed by atoms with Crippen LogP contribution in [0.2, 0.25) is 0 Å². The molecule has 0 atom stereocenters. The van der Waals surface area contributed by atoms with Crippen LogP contribution in [0.1, 0.15) is 0 Å². The zero-order chi connectivity index (χ0) is 5.82. The minimum Gasteiger partial charge on any atom is -0.496 e. The van der Waals surface area contributed by atoms with Gasteiger partial charge in [0.1, 0.15) is 0 Å². The van der Waals surface area contributed by atoms with Gasteiger partial charge in [-0.2, -0.15) is 12.9 Å². The van der Waals surface area contributed by atoms with Gasteiger partial charge in [-0.15, -0.1) is 0 Å². The summed E-state index contributed by atoms with van der Waals surface area (Å²) in [5.74, 6) is 0. The van der Waals surface area contributed by atoms with Gasteiger partial charge in [-0.25, -0.2) is 10.8 Å². The van der Waals surface area contributed by atoms with Crippen molar-refractivity contribution in [3.63, 3.8) is 0 Å². The van der Waals surface area contributed by atoms with Gasteiger partial charge in [0.05, 0.1) is 0 Å². The molecule has 0 unspecified atom stereocenters. The van der Waals surface area contributed by atoms with Gasteiger partial charge in [-0.1, -0.05) is 6.20 Å². The molecule has 0 aliphatic rings. The third-order valence-electron chi connectivity index (χ3n) is 0.656. The summed E-state index contributed by atoms with van der Waals surface area (Å²) in [6, 6.07) is 2.65. The monoisotopic (exact) mass is 144 g/mol. The van der Waals surface area contributed by atoms with Crippen molar-refractivity contribution >= 4 is 12.4 Å². The van der Waals surface area contributed by atoms with Crippen LogP contribution < -0.4 is 51.4 Å². The second-order valence-electron chi connectivity index (χ2n) is 1.15. The number of aromatic nitrogens is 2. The maximum absolute atomic E-state index is 4.88. The zero-order valence-corrected chi connectivity index (χ0v) is 8.20. The summed E-state index contributed by atoms with van der Waals surface area (Å²) in [6.45, 7) is 4.88. The third-order valence-corrected chi connectivity index (χ3v) is 0.656. The van der Waals surface area contributed by atoms with E-state index in [1.807, 2.05) is 0 Å². The Bertz CT molecular complexity index is 175. The van der Waals surface area contributed by atoms with Crippen LogP contribution in [0.3, 0.4) is 0 Å². The second kappa shape index (κ2) is 5.19. The van der Waals surface area contributed by atoms with Crippen LogP contribution in [0.5, 0.6) is 0 Å². The predicted molar refractivity (Wildman–Crippen MR) is 29.0 cm³/mol. The number of hydrogen-bond acceptors (Lipinski definition) is 3. The molecule has 40 valence electrons. The maximum atomic E-state index is 4.88. The van der Waals surface area contributed by atoms with Crippen LogP contribution in [0.15, 0.2) is 17.4 Å². The molecule has 0 aliphatic carbocycles. The molecule has 0 amide bonds. The minimum atomic E-state index is 0. The molecule has 1 aromatic heterocycles. The largest absolute Gasteiger partial charge is 1.00 e. The second-order valence-corrected chi connectivity index (χ2v) is 1.15. The Morgan fingerprint density at radius 3 is 2.67 bits per heavy atom. The maximum Gasteiger partial charge on any atom is 1.00 e. The summed E-state index contributed by atoms with van der Waals surface area (Å²) >= 11 is 0. The van der Waals surface area contributed by atoms with Gasteiger partial charge >= 0.3 is 51.4 Å². The summed E-state index contributed by atoms with van der Waals surface area (Å²) in [5.41, 5.74) is 0.514. The molecule has 1 heterocycles. The molecule has 0 spiro atoms. The molecule has 0 saturated heterocycles. The smallest absolute Gasteiger partial charge is 0.496 e. The molecular formula is C5H3KN3-. The molecule has 0 aromatic carbocycles. The Morgan fingerprint density at radius 2 is 2.33 bits per heavy atom. The van der Waals surface area contributed by atoms with Crippen LogP contribution in [-0.2, 0) is 0 Å². The summed E-state index contributed by atoms with van der Waals surface area (Å²) in [4.78, 5) is 3.31. The molecular weight excluding hydrogens is 141 g/mol. The molecule has 4 heteroatoms. The fourth-order valence-corrected chi connectivity index (χ4v) is 0.324. The van der Waals surface area contributed by atoms with Crippen LogP contribution in [0, 0.1) is 6.07 Å². The zero-order valence-electron chi connectivity index (χ0n) is 5.07. The summed E-state index contributed by atoms with van der Waals surface area (Å²) in [5, 5.41) is 6.97. The first-order valence-electron chi connectivity index (χ1n) is 2.03. The van der Waals surface area contributed by atoms with Crippen molar-refractivity contribution in [2.24, 2.45) is 4.99 Å². The number of rotatable bonds is 1. The van der Waals surface area contributed by atoms with E-state index >= 15 is 0 Å². The Labute approximate surface area is 96.0 Å². The molecule has 0 N–H and O–H groups in total. The average molecular weight is 144 g/mol. The van der Waals surface area contributed by atoms with E-state index in [1.54, 1.807) is 0 Å². The molecule has 9 heavy (non-hydrogen) atoms. The van der Waals surface area contributed by atoms with Gasteiger partial charge in [-0.3, -0.25) is 5.10 Å². The van der Waals surface area contributed by atoms with Crippen molar-refractivity contribution < 1.29 is 51.4 Å². The first-order chi connectivity index (χ1) is 3.93. The quantitative estimate of drug-likeness (QED) is 0.248. The van der Waals surface area contributed by atoms with E-state index in [0.717, 1.165) is 0 Å². The molecule has 0 radical (unpaired) electrons. The topological polar surface area (TPSA) is 38.1 Å². The fourth-order valence-electron chi connectivity index (χ4n) is 0.324. The Hall–Kier alpha value is 0.386. The van der Waals surface area contributed by atoms with Crippen LogP contribution in [0.4, 0.5) is 5.69 Å². The van der Waals surface area contributed by atoms with Crippen molar-refractivity contribution in [1.82, 2.24) is 10.2 Å². The van der Waals surface area contributed by atoms with Crippen LogP contribution in [-0.4, -0.2) is 16.9 Å². The van der Waals surface area contributed by atoms with E-state index in [-0.39, 0.29) is 51.4 Å². The van der Waals surface area contributed by atoms with E-state index in [9.17, 15) is 0 Å². The van der Waals surface area contributed by atoms with Crippen LogP contribution in [0.25, 0.3) is 0 Å². The molecule has 0 saturated carbocycles. The van der Waals surface area contributed by atoms with Crippen molar-refractivity contribution in [1.29, 1.82) is 0 Å². The van der Waals surface area contributed by atoms with E-state index in [4.69, 9.17) is 6.72 Å². The van der Waals surface area contributed by atoms with Gasteiger partial charge in [-0.05, 0) is 0 Å². The molecule has 3 nitrogen and oxygen atoms in total. The Balaban J connectivity index is 0.000000640. The molecule has 1 aromatic rings. The standard InChI is InChI=1S/C5H3N3.K/c1-6-5-2-3-7-8-4-5;/h1,3-4H;/q-2;+1. The van der Waals surface area contributed by atoms with E-state index < -0.39 is 0 Å². The number of nitrogens with zero attached hydrogens (tertiary/aromatic N) is 3. The Kier molecular flexibility index (Phi) is 5.42. The number of aliphatic imine (C=N–C) groups is 1. The van der Waals surface area contributed by atoms with E-state index in [2.05, 4.69) is 21.3 Å². The molecule has 0 fully saturated rings. The third kappa shape index (κ3) is 3.17. The van der Waals surface area contributed by atoms with Crippen molar-refractivity contribution in [3.05, 3.63) is 18.5 Å². The van der Waals surface area contributed by atoms with Crippen molar-refractivity contribution in [3.8, 4) is 0 Å². The summed E-state index contributed by atoms with van der Waals surface area (Å²) < 4.78 is 0. The summed E-state index contributed by atoms with van der Waals surface area (Å²) in [7, 11) is 0. The molecule has 1 rings (SSSR count). The van der Waals surface area contributed by atoms with E-state index in [0.29, 0.717) is 5.69 Å². The average Bonchev–Trinajstić information content (AvgIpc) is 1.90. The van der Waals surface area contributed by atoms with E-state index in [1.165, 1.54) is 12.4 Å². The molecule has 0 bridgehead atoms. The normalized spacial score (nSPS) is 7.56. The number of hydrogen-bond donors (Lipinski definition) is 0. The SMILES string of the molecule is [CH-]=Nc1[c-]cnnc1.[K+]. The Morgan fingerprint density at radius 1 is 1.56 bits per heavy atom. The van der Waals surface area contributed by atoms with Gasteiger partial charge < -0.3 is 11.1 Å². The van der Waals surface area contributed by atoms with Crippen molar-refractivity contribution in [2.45, 2.75) is 0 Å². The van der Waals surface area contributed by atoms with Crippen LogP contribution >= 0.6 is 0 Å². The van der Waals surface area contributed by atoms with Gasteiger partial charge in [0.15, 0.2) is 0 Å². The summed E-state index contributed by atoms with van der Waals surface area (Å²) in [6.07, 6.45) is 2.84. The first-order valence-corrected chi connectivity index (χ1v) is 2.03. The first kappa shape index (κ1) is 9.39. The van der Waals surface area contributed by atoms with Gasteiger partial charge in [0.25, 0.3) is 0 Å². The molecule has 0 aliphatic heterocycles. The van der Waals surface area contributed by atoms with Crippen molar-refractivity contribution in [2.75, 3.05) is 0 Å². The fraction of sp³-hybridized carbons (Fsp3) is 0. The van der Waals surface area contributed by atoms with Gasteiger partial charge in [0, 0.05) is 0 Å². The predicted octanol–water partition coefficient (Wildman–Crippen LogP) is -2.51. The van der Waals surface area contributed by atoms with Gasteiger partial charge in [0.2, 0.25) is 0 Å². The minimum absolute atomic E-state index is 0.